The molecule has 3 rings (SSSR count). The fourth-order valence-electron chi connectivity index (χ4n) is 2.23. The lowest BCUT2D eigenvalue weighted by molar-refractivity contribution is 0.704. The summed E-state index contributed by atoms with van der Waals surface area (Å²) in [6.45, 7) is 0. The van der Waals surface area contributed by atoms with Crippen molar-refractivity contribution >= 4 is 11.8 Å². The van der Waals surface area contributed by atoms with Gasteiger partial charge >= 0.3 is 0 Å². The van der Waals surface area contributed by atoms with Crippen LogP contribution in [0.1, 0.15) is 22.3 Å². The Morgan fingerprint density at radius 3 is 1.81 bits per heavy atom. The lowest BCUT2D eigenvalue weighted by Gasteiger charge is -2.36. The van der Waals surface area contributed by atoms with E-state index in [0.717, 1.165) is 0 Å². The Labute approximate surface area is 101 Å². The third-order valence-electron chi connectivity index (χ3n) is 3.18. The van der Waals surface area contributed by atoms with Gasteiger partial charge in [0.15, 0.2) is 0 Å². The highest BCUT2D eigenvalue weighted by Crippen LogP contribution is 2.52. The van der Waals surface area contributed by atoms with Gasteiger partial charge in [0, 0.05) is 16.9 Å². The smallest absolute Gasteiger partial charge is 0.0373 e. The third kappa shape index (κ3) is 1.76. The van der Waals surface area contributed by atoms with Crippen LogP contribution in [0.5, 0.6) is 0 Å². The van der Waals surface area contributed by atoms with Crippen LogP contribution in [0.4, 0.5) is 0 Å². The summed E-state index contributed by atoms with van der Waals surface area (Å²) in [6.07, 6.45) is 0. The number of hydrogen-bond acceptors (Lipinski definition) is 1. The molecule has 0 N–H and O–H groups in total. The van der Waals surface area contributed by atoms with Crippen LogP contribution in [-0.2, 0) is 0 Å². The fourth-order valence-corrected chi connectivity index (χ4v) is 3.51. The minimum Gasteiger partial charge on any atom is -0.152 e. The Balaban J connectivity index is 1.85. The van der Waals surface area contributed by atoms with E-state index in [1.807, 2.05) is 0 Å². The van der Waals surface area contributed by atoms with Crippen molar-refractivity contribution in [3.05, 3.63) is 71.8 Å². The molecule has 0 aromatic heterocycles. The first kappa shape index (κ1) is 9.98. The van der Waals surface area contributed by atoms with Crippen LogP contribution in [0.3, 0.4) is 0 Å². The van der Waals surface area contributed by atoms with Gasteiger partial charge in [-0.05, 0) is 11.1 Å². The second kappa shape index (κ2) is 4.34. The first-order valence-electron chi connectivity index (χ1n) is 5.66. The molecule has 80 valence electrons. The van der Waals surface area contributed by atoms with Crippen molar-refractivity contribution in [2.45, 2.75) is 11.2 Å². The van der Waals surface area contributed by atoms with E-state index >= 15 is 0 Å². The Bertz CT molecular complexity index is 404. The van der Waals surface area contributed by atoms with Crippen molar-refractivity contribution in [2.75, 3.05) is 5.75 Å². The predicted molar refractivity (Wildman–Crippen MR) is 70.8 cm³/mol. The molecule has 0 bridgehead atoms. The van der Waals surface area contributed by atoms with Crippen molar-refractivity contribution in [1.82, 2.24) is 0 Å². The maximum Gasteiger partial charge on any atom is 0.0373 e. The van der Waals surface area contributed by atoms with Crippen molar-refractivity contribution in [1.29, 1.82) is 0 Å². The van der Waals surface area contributed by atoms with Crippen LogP contribution >= 0.6 is 11.8 Å². The van der Waals surface area contributed by atoms with Crippen LogP contribution in [0, 0.1) is 0 Å². The lowest BCUT2D eigenvalue weighted by atomic mass is 9.92. The molecule has 0 spiro atoms. The van der Waals surface area contributed by atoms with Crippen LogP contribution < -0.4 is 0 Å². The maximum atomic E-state index is 2.25. The number of rotatable bonds is 2. The molecular weight excluding hydrogens is 212 g/mol. The molecule has 1 aliphatic heterocycles. The van der Waals surface area contributed by atoms with Crippen LogP contribution in [0.15, 0.2) is 60.7 Å². The standard InChI is InChI=1S/C15H14S/c1-3-7-12(8-4-1)14-11-16-15(14)13-9-5-2-6-10-13/h1-10,14-15H,11H2. The number of benzene rings is 2. The van der Waals surface area contributed by atoms with E-state index in [1.165, 1.54) is 16.9 Å². The highest BCUT2D eigenvalue weighted by Gasteiger charge is 2.33. The van der Waals surface area contributed by atoms with Gasteiger partial charge in [-0.15, -0.1) is 0 Å². The predicted octanol–water partition coefficient (Wildman–Crippen LogP) is 4.26. The molecule has 1 heterocycles. The van der Waals surface area contributed by atoms with Gasteiger partial charge in [-0.1, -0.05) is 60.7 Å². The molecule has 1 heteroatoms. The molecule has 1 saturated heterocycles. The molecule has 0 nitrogen and oxygen atoms in total. The van der Waals surface area contributed by atoms with Crippen molar-refractivity contribution in [3.8, 4) is 0 Å². The van der Waals surface area contributed by atoms with Gasteiger partial charge in [0.25, 0.3) is 0 Å². The molecule has 1 fully saturated rings. The van der Waals surface area contributed by atoms with Gasteiger partial charge in [0.2, 0.25) is 0 Å². The average molecular weight is 226 g/mol. The van der Waals surface area contributed by atoms with E-state index in [2.05, 4.69) is 72.4 Å². The Hall–Kier alpha value is -1.21. The molecular formula is C15H14S. The molecule has 2 unspecified atom stereocenters. The molecule has 2 aromatic carbocycles. The summed E-state index contributed by atoms with van der Waals surface area (Å²) in [5.74, 6) is 1.96. The third-order valence-corrected chi connectivity index (χ3v) is 4.69. The quantitative estimate of drug-likeness (QED) is 0.737. The summed E-state index contributed by atoms with van der Waals surface area (Å²) in [6, 6.07) is 21.7. The van der Waals surface area contributed by atoms with E-state index in [-0.39, 0.29) is 0 Å². The molecule has 0 aliphatic carbocycles. The van der Waals surface area contributed by atoms with Gasteiger partial charge in [-0.25, -0.2) is 0 Å². The molecule has 1 aliphatic rings. The second-order valence-corrected chi connectivity index (χ2v) is 5.36. The minimum absolute atomic E-state index is 0.656. The van der Waals surface area contributed by atoms with E-state index in [9.17, 15) is 0 Å². The van der Waals surface area contributed by atoms with E-state index in [4.69, 9.17) is 0 Å². The van der Waals surface area contributed by atoms with E-state index < -0.39 is 0 Å². The summed E-state index contributed by atoms with van der Waals surface area (Å²) in [4.78, 5) is 0. The summed E-state index contributed by atoms with van der Waals surface area (Å²) < 4.78 is 0. The monoisotopic (exact) mass is 226 g/mol. The van der Waals surface area contributed by atoms with Gasteiger partial charge in [-0.2, -0.15) is 11.8 Å². The molecule has 0 saturated carbocycles. The number of thioether (sulfide) groups is 1. The normalized spacial score (nSPS) is 23.8. The Kier molecular flexibility index (Phi) is 2.71. The van der Waals surface area contributed by atoms with Crippen molar-refractivity contribution in [3.63, 3.8) is 0 Å². The zero-order chi connectivity index (χ0) is 10.8. The van der Waals surface area contributed by atoms with Crippen molar-refractivity contribution in [2.24, 2.45) is 0 Å². The van der Waals surface area contributed by atoms with Crippen molar-refractivity contribution < 1.29 is 0 Å². The van der Waals surface area contributed by atoms with Gasteiger partial charge in [-0.3, -0.25) is 0 Å². The van der Waals surface area contributed by atoms with Crippen LogP contribution in [0.2, 0.25) is 0 Å². The van der Waals surface area contributed by atoms with Gasteiger partial charge in [0.1, 0.15) is 0 Å². The minimum atomic E-state index is 0.656. The van der Waals surface area contributed by atoms with Crippen LogP contribution in [-0.4, -0.2) is 5.75 Å². The van der Waals surface area contributed by atoms with E-state index in [0.29, 0.717) is 11.2 Å². The second-order valence-electron chi connectivity index (χ2n) is 4.18. The molecule has 16 heavy (non-hydrogen) atoms. The van der Waals surface area contributed by atoms with E-state index in [1.54, 1.807) is 0 Å². The Morgan fingerprint density at radius 1 is 0.750 bits per heavy atom. The van der Waals surface area contributed by atoms with Crippen LogP contribution in [0.25, 0.3) is 0 Å². The SMILES string of the molecule is c1ccc(C2CSC2c2ccccc2)cc1. The fraction of sp³-hybridized carbons (Fsp3) is 0.200. The summed E-state index contributed by atoms with van der Waals surface area (Å²) in [7, 11) is 0. The highest BCUT2D eigenvalue weighted by atomic mass is 32.2. The largest absolute Gasteiger partial charge is 0.152 e. The van der Waals surface area contributed by atoms with Gasteiger partial charge in [0.05, 0.1) is 0 Å². The zero-order valence-corrected chi connectivity index (χ0v) is 9.86. The highest BCUT2D eigenvalue weighted by molar-refractivity contribution is 8.01. The number of hydrogen-bond donors (Lipinski definition) is 0. The topological polar surface area (TPSA) is 0 Å². The summed E-state index contributed by atoms with van der Waals surface area (Å²) in [5.41, 5.74) is 2.95. The lowest BCUT2D eigenvalue weighted by Crippen LogP contribution is -2.21. The molecule has 0 amide bonds. The zero-order valence-electron chi connectivity index (χ0n) is 9.04. The Morgan fingerprint density at radius 2 is 1.31 bits per heavy atom. The first-order chi connectivity index (χ1) is 7.95. The average Bonchev–Trinajstić information content (AvgIpc) is 2.30. The summed E-state index contributed by atoms with van der Waals surface area (Å²) >= 11 is 2.06. The molecule has 0 radical (unpaired) electrons. The molecule has 2 aromatic rings. The molecule has 2 atom stereocenters. The maximum absolute atomic E-state index is 2.25. The first-order valence-corrected chi connectivity index (χ1v) is 6.71. The summed E-state index contributed by atoms with van der Waals surface area (Å²) in [5, 5.41) is 0.656. The van der Waals surface area contributed by atoms with Gasteiger partial charge < -0.3 is 0 Å².